The summed E-state index contributed by atoms with van der Waals surface area (Å²) in [6.07, 6.45) is 0. The van der Waals surface area contributed by atoms with Gasteiger partial charge < -0.3 is 4.42 Å². The van der Waals surface area contributed by atoms with Crippen molar-refractivity contribution in [2.75, 3.05) is 0 Å². The van der Waals surface area contributed by atoms with Crippen LogP contribution >= 0.6 is 31.9 Å². The van der Waals surface area contributed by atoms with Crippen LogP contribution < -0.4 is 5.43 Å². The molecule has 19 heavy (non-hydrogen) atoms. The number of para-hydroxylation sites is 2. The van der Waals surface area contributed by atoms with Gasteiger partial charge in [0.25, 0.3) is 0 Å². The second-order valence-corrected chi connectivity index (χ2v) is 5.41. The molecule has 3 rings (SSSR count). The minimum atomic E-state index is 0.0295. The molecule has 2 aromatic carbocycles. The van der Waals surface area contributed by atoms with Gasteiger partial charge in [-0.25, -0.2) is 0 Å². The van der Waals surface area contributed by atoms with E-state index >= 15 is 0 Å². The Morgan fingerprint density at radius 2 is 1.32 bits per heavy atom. The molecule has 0 unspecified atom stereocenters. The van der Waals surface area contributed by atoms with E-state index in [0.717, 1.165) is 11.1 Å². The zero-order valence-corrected chi connectivity index (χ0v) is 13.1. The van der Waals surface area contributed by atoms with E-state index in [1.54, 1.807) is 0 Å². The topological polar surface area (TPSA) is 30.2 Å². The van der Waals surface area contributed by atoms with Crippen LogP contribution in [0.1, 0.15) is 11.1 Å². The fourth-order valence-corrected chi connectivity index (χ4v) is 3.11. The lowest BCUT2D eigenvalue weighted by molar-refractivity contribution is 0.653. The van der Waals surface area contributed by atoms with Crippen LogP contribution in [0.2, 0.25) is 0 Å². The first-order chi connectivity index (χ1) is 9.26. The van der Waals surface area contributed by atoms with E-state index in [-0.39, 0.29) is 5.43 Å². The van der Waals surface area contributed by atoms with E-state index in [0.29, 0.717) is 32.6 Å². The molecule has 0 amide bonds. The van der Waals surface area contributed by atoms with Gasteiger partial charge in [0.1, 0.15) is 11.2 Å². The van der Waals surface area contributed by atoms with Gasteiger partial charge >= 0.3 is 0 Å². The largest absolute Gasteiger partial charge is 0.455 e. The van der Waals surface area contributed by atoms with Crippen molar-refractivity contribution in [3.8, 4) is 0 Å². The molecule has 3 aromatic rings. The summed E-state index contributed by atoms with van der Waals surface area (Å²) in [5, 5.41) is 2.59. The second kappa shape index (κ2) is 5.10. The van der Waals surface area contributed by atoms with Crippen molar-refractivity contribution < 1.29 is 4.42 Å². The molecule has 0 fully saturated rings. The molecule has 0 aliphatic rings. The molecule has 0 bridgehead atoms. The van der Waals surface area contributed by atoms with Crippen molar-refractivity contribution in [3.63, 3.8) is 0 Å². The second-order valence-electron chi connectivity index (χ2n) is 4.29. The Labute approximate surface area is 126 Å². The molecule has 96 valence electrons. The Morgan fingerprint density at radius 3 is 1.74 bits per heavy atom. The number of fused-ring (bicyclic) bond motifs is 2. The van der Waals surface area contributed by atoms with E-state index in [4.69, 9.17) is 4.42 Å². The zero-order valence-electron chi connectivity index (χ0n) is 9.95. The predicted molar refractivity (Wildman–Crippen MR) is 85.3 cm³/mol. The quantitative estimate of drug-likeness (QED) is 0.474. The molecule has 0 radical (unpaired) electrons. The fourth-order valence-electron chi connectivity index (χ4n) is 2.23. The van der Waals surface area contributed by atoms with Crippen LogP contribution in [-0.2, 0) is 10.7 Å². The molecule has 0 spiro atoms. The maximum Gasteiger partial charge on any atom is 0.200 e. The Morgan fingerprint density at radius 1 is 0.842 bits per heavy atom. The molecule has 0 saturated heterocycles. The fraction of sp³-hybridized carbons (Fsp3) is 0.133. The molecule has 1 heterocycles. The minimum Gasteiger partial charge on any atom is -0.455 e. The van der Waals surface area contributed by atoms with Gasteiger partial charge in [-0.2, -0.15) is 0 Å². The molecule has 0 aliphatic heterocycles. The third-order valence-electron chi connectivity index (χ3n) is 3.17. The number of hydrogen-bond acceptors (Lipinski definition) is 2. The van der Waals surface area contributed by atoms with E-state index in [1.165, 1.54) is 0 Å². The maximum absolute atomic E-state index is 12.5. The molecule has 0 saturated carbocycles. The van der Waals surface area contributed by atoms with Crippen LogP contribution in [-0.4, -0.2) is 0 Å². The SMILES string of the molecule is O=c1c2cccc(CBr)c2oc2c(CBr)cccc12. The van der Waals surface area contributed by atoms with Crippen molar-refractivity contribution in [1.82, 2.24) is 0 Å². The van der Waals surface area contributed by atoms with Crippen molar-refractivity contribution in [2.24, 2.45) is 0 Å². The first kappa shape index (κ1) is 12.9. The monoisotopic (exact) mass is 380 g/mol. The van der Waals surface area contributed by atoms with Gasteiger partial charge in [0.05, 0.1) is 10.8 Å². The van der Waals surface area contributed by atoms with Gasteiger partial charge in [-0.05, 0) is 12.1 Å². The zero-order chi connectivity index (χ0) is 13.4. The van der Waals surface area contributed by atoms with Crippen LogP contribution in [0.25, 0.3) is 21.9 Å². The highest BCUT2D eigenvalue weighted by Crippen LogP contribution is 2.26. The highest BCUT2D eigenvalue weighted by molar-refractivity contribution is 9.08. The molecular formula is C15H10Br2O2. The van der Waals surface area contributed by atoms with Crippen LogP contribution in [0, 0.1) is 0 Å². The summed E-state index contributed by atoms with van der Waals surface area (Å²) >= 11 is 6.86. The Bertz CT molecular complexity index is 756. The molecule has 0 aliphatic carbocycles. The van der Waals surface area contributed by atoms with Crippen molar-refractivity contribution in [2.45, 2.75) is 10.7 Å². The van der Waals surface area contributed by atoms with Gasteiger partial charge in [0.15, 0.2) is 0 Å². The van der Waals surface area contributed by atoms with Crippen LogP contribution in [0.15, 0.2) is 45.6 Å². The summed E-state index contributed by atoms with van der Waals surface area (Å²) in [5.74, 6) is 0. The molecule has 4 heteroatoms. The van der Waals surface area contributed by atoms with Gasteiger partial charge in [-0.1, -0.05) is 56.1 Å². The lowest BCUT2D eigenvalue weighted by Gasteiger charge is -2.07. The molecular weight excluding hydrogens is 372 g/mol. The number of halogens is 2. The van der Waals surface area contributed by atoms with E-state index in [1.807, 2.05) is 36.4 Å². The molecule has 0 N–H and O–H groups in total. The Balaban J connectivity index is 2.57. The number of rotatable bonds is 2. The van der Waals surface area contributed by atoms with E-state index in [2.05, 4.69) is 31.9 Å². The summed E-state index contributed by atoms with van der Waals surface area (Å²) < 4.78 is 6.01. The van der Waals surface area contributed by atoms with Crippen LogP contribution in [0.5, 0.6) is 0 Å². The molecule has 0 atom stereocenters. The third kappa shape index (κ3) is 2.03. The van der Waals surface area contributed by atoms with Crippen molar-refractivity contribution >= 4 is 53.8 Å². The maximum atomic E-state index is 12.5. The predicted octanol–water partition coefficient (Wildman–Crippen LogP) is 4.74. The number of benzene rings is 2. The van der Waals surface area contributed by atoms with Crippen LogP contribution in [0.3, 0.4) is 0 Å². The van der Waals surface area contributed by atoms with Gasteiger partial charge in [0.2, 0.25) is 5.43 Å². The highest BCUT2D eigenvalue weighted by atomic mass is 79.9. The van der Waals surface area contributed by atoms with Crippen molar-refractivity contribution in [1.29, 1.82) is 0 Å². The Kier molecular flexibility index (Phi) is 3.46. The first-order valence-corrected chi connectivity index (χ1v) is 8.08. The third-order valence-corrected chi connectivity index (χ3v) is 4.38. The highest BCUT2D eigenvalue weighted by Gasteiger charge is 2.12. The average Bonchev–Trinajstić information content (AvgIpc) is 2.46. The standard InChI is InChI=1S/C15H10Br2O2/c16-7-9-3-1-5-11-13(18)12-6-2-4-10(8-17)15(12)19-14(9)11/h1-6H,7-8H2. The number of alkyl halides is 2. The van der Waals surface area contributed by atoms with Gasteiger partial charge in [0, 0.05) is 21.8 Å². The summed E-state index contributed by atoms with van der Waals surface area (Å²) in [4.78, 5) is 12.5. The number of hydrogen-bond donors (Lipinski definition) is 0. The first-order valence-electron chi connectivity index (χ1n) is 5.84. The summed E-state index contributed by atoms with van der Waals surface area (Å²) in [6.45, 7) is 0. The molecule has 1 aromatic heterocycles. The lowest BCUT2D eigenvalue weighted by Crippen LogP contribution is -2.04. The van der Waals surface area contributed by atoms with Gasteiger partial charge in [-0.3, -0.25) is 4.79 Å². The smallest absolute Gasteiger partial charge is 0.200 e. The lowest BCUT2D eigenvalue weighted by atomic mass is 10.1. The summed E-state index contributed by atoms with van der Waals surface area (Å²) in [5.41, 5.74) is 3.35. The summed E-state index contributed by atoms with van der Waals surface area (Å²) in [7, 11) is 0. The minimum absolute atomic E-state index is 0.0295. The van der Waals surface area contributed by atoms with Crippen LogP contribution in [0.4, 0.5) is 0 Å². The summed E-state index contributed by atoms with van der Waals surface area (Å²) in [6, 6.07) is 11.3. The van der Waals surface area contributed by atoms with E-state index in [9.17, 15) is 4.79 Å². The van der Waals surface area contributed by atoms with Crippen molar-refractivity contribution in [3.05, 3.63) is 57.7 Å². The van der Waals surface area contributed by atoms with Gasteiger partial charge in [-0.15, -0.1) is 0 Å². The van der Waals surface area contributed by atoms with E-state index < -0.39 is 0 Å². The average molecular weight is 382 g/mol. The Hall–Kier alpha value is -1.13. The molecule has 2 nitrogen and oxygen atoms in total. The normalized spacial score (nSPS) is 11.3.